The molecule has 1 N–H and O–H groups in total. The molecule has 3 heterocycles. The van der Waals surface area contributed by atoms with Crippen LogP contribution in [0, 0.1) is 0 Å². The lowest BCUT2D eigenvalue weighted by molar-refractivity contribution is 0.109. The van der Waals surface area contributed by atoms with E-state index in [1.165, 1.54) is 5.57 Å². The maximum absolute atomic E-state index is 5.86. The highest BCUT2D eigenvalue weighted by Crippen LogP contribution is 2.33. The van der Waals surface area contributed by atoms with E-state index in [-0.39, 0.29) is 12.1 Å². The van der Waals surface area contributed by atoms with Gasteiger partial charge in [-0.1, -0.05) is 18.2 Å². The standard InChI is InChI=1S/C17H20N4O2/c1-22-14-7-15(17-18-11-19-20-17)21(9-14)8-12-6-13-4-2-3-5-16(13)23-10-12/h2-6,11,14-15H,7-10H2,1H3,(H,18,19,20)/t14-,15+/m1/s1. The number of hydrogen-bond acceptors (Lipinski definition) is 5. The lowest BCUT2D eigenvalue weighted by Crippen LogP contribution is -2.30. The molecule has 6 nitrogen and oxygen atoms in total. The SMILES string of the molecule is CO[C@@H]1C[C@@H](c2ncn[nH]2)N(CC2=Cc3ccccc3OC2)C1. The number of ether oxygens (including phenoxy) is 2. The van der Waals surface area contributed by atoms with Crippen LogP contribution in [0.15, 0.2) is 36.2 Å². The fourth-order valence-corrected chi connectivity index (χ4v) is 3.38. The number of aromatic amines is 1. The largest absolute Gasteiger partial charge is 0.489 e. The summed E-state index contributed by atoms with van der Waals surface area (Å²) < 4.78 is 11.4. The number of benzene rings is 1. The molecule has 2 aliphatic rings. The summed E-state index contributed by atoms with van der Waals surface area (Å²) in [6.07, 6.45) is 4.95. The van der Waals surface area contributed by atoms with Crippen LogP contribution in [-0.2, 0) is 4.74 Å². The number of H-pyrrole nitrogens is 1. The van der Waals surface area contributed by atoms with Crippen molar-refractivity contribution in [2.45, 2.75) is 18.6 Å². The van der Waals surface area contributed by atoms with Crippen LogP contribution in [0.2, 0.25) is 0 Å². The van der Waals surface area contributed by atoms with E-state index in [9.17, 15) is 0 Å². The van der Waals surface area contributed by atoms with Crippen LogP contribution < -0.4 is 4.74 Å². The zero-order valence-electron chi connectivity index (χ0n) is 13.1. The van der Waals surface area contributed by atoms with Gasteiger partial charge in [0.25, 0.3) is 0 Å². The van der Waals surface area contributed by atoms with Crippen LogP contribution in [-0.4, -0.2) is 53.0 Å². The molecule has 0 bridgehead atoms. The summed E-state index contributed by atoms with van der Waals surface area (Å²) in [5.74, 6) is 1.86. The maximum atomic E-state index is 5.86. The third-order valence-electron chi connectivity index (χ3n) is 4.55. The van der Waals surface area contributed by atoms with Crippen molar-refractivity contribution in [2.75, 3.05) is 26.8 Å². The van der Waals surface area contributed by atoms with E-state index in [1.807, 2.05) is 18.2 Å². The molecule has 2 aromatic rings. The molecule has 0 saturated carbocycles. The normalized spacial score (nSPS) is 24.1. The number of rotatable bonds is 4. The van der Waals surface area contributed by atoms with Gasteiger partial charge in [-0.3, -0.25) is 10.00 Å². The summed E-state index contributed by atoms with van der Waals surface area (Å²) >= 11 is 0. The van der Waals surface area contributed by atoms with Crippen molar-refractivity contribution in [2.24, 2.45) is 0 Å². The third kappa shape index (κ3) is 2.87. The minimum absolute atomic E-state index is 0.209. The van der Waals surface area contributed by atoms with E-state index in [0.717, 1.165) is 36.6 Å². The third-order valence-corrected chi connectivity index (χ3v) is 4.55. The lowest BCUT2D eigenvalue weighted by atomic mass is 10.1. The van der Waals surface area contributed by atoms with Crippen LogP contribution >= 0.6 is 0 Å². The van der Waals surface area contributed by atoms with Crippen molar-refractivity contribution in [3.05, 3.63) is 47.6 Å². The average molecular weight is 312 g/mol. The van der Waals surface area contributed by atoms with Gasteiger partial charge in [0.05, 0.1) is 12.1 Å². The van der Waals surface area contributed by atoms with Gasteiger partial charge in [-0.05, 0) is 24.1 Å². The Hall–Kier alpha value is -2.18. The van der Waals surface area contributed by atoms with Gasteiger partial charge >= 0.3 is 0 Å². The Morgan fingerprint density at radius 2 is 2.30 bits per heavy atom. The Morgan fingerprint density at radius 3 is 3.13 bits per heavy atom. The average Bonchev–Trinajstić information content (AvgIpc) is 3.24. The predicted octanol–water partition coefficient (Wildman–Crippen LogP) is 2.04. The van der Waals surface area contributed by atoms with Gasteiger partial charge in [0, 0.05) is 25.8 Å². The number of methoxy groups -OCH3 is 1. The Balaban J connectivity index is 1.54. The smallest absolute Gasteiger partial charge is 0.141 e. The van der Waals surface area contributed by atoms with Gasteiger partial charge in [-0.2, -0.15) is 5.10 Å². The first-order valence-corrected chi connectivity index (χ1v) is 7.87. The van der Waals surface area contributed by atoms with Gasteiger partial charge in [0.1, 0.15) is 24.5 Å². The molecule has 120 valence electrons. The summed E-state index contributed by atoms with van der Waals surface area (Å²) in [7, 11) is 1.77. The molecule has 1 fully saturated rings. The van der Waals surface area contributed by atoms with Crippen LogP contribution in [0.3, 0.4) is 0 Å². The van der Waals surface area contributed by atoms with Gasteiger partial charge in [0.2, 0.25) is 0 Å². The molecule has 0 aliphatic carbocycles. The van der Waals surface area contributed by atoms with Crippen molar-refractivity contribution >= 4 is 6.08 Å². The number of fused-ring (bicyclic) bond motifs is 1. The summed E-state index contributed by atoms with van der Waals surface area (Å²) in [6, 6.07) is 8.35. The highest BCUT2D eigenvalue weighted by Gasteiger charge is 2.35. The number of likely N-dealkylation sites (tertiary alicyclic amines) is 1. The quantitative estimate of drug-likeness (QED) is 0.936. The number of nitrogens with zero attached hydrogens (tertiary/aromatic N) is 3. The van der Waals surface area contributed by atoms with E-state index in [2.05, 4.69) is 32.2 Å². The van der Waals surface area contributed by atoms with E-state index in [4.69, 9.17) is 9.47 Å². The van der Waals surface area contributed by atoms with Crippen LogP contribution in [0.1, 0.15) is 23.9 Å². The molecule has 6 heteroatoms. The second-order valence-corrected chi connectivity index (χ2v) is 6.04. The molecule has 2 atom stereocenters. The molecule has 1 aromatic carbocycles. The first kappa shape index (κ1) is 14.4. The zero-order chi connectivity index (χ0) is 15.6. The lowest BCUT2D eigenvalue weighted by Gasteiger charge is -2.26. The van der Waals surface area contributed by atoms with E-state index < -0.39 is 0 Å². The highest BCUT2D eigenvalue weighted by molar-refractivity contribution is 5.62. The van der Waals surface area contributed by atoms with E-state index >= 15 is 0 Å². The molecule has 0 spiro atoms. The summed E-state index contributed by atoms with van der Waals surface area (Å²) in [6.45, 7) is 2.37. The van der Waals surface area contributed by atoms with Crippen LogP contribution in [0.5, 0.6) is 5.75 Å². The maximum Gasteiger partial charge on any atom is 0.141 e. The van der Waals surface area contributed by atoms with Crippen molar-refractivity contribution in [3.63, 3.8) is 0 Å². The minimum atomic E-state index is 0.209. The van der Waals surface area contributed by atoms with Gasteiger partial charge in [-0.15, -0.1) is 0 Å². The molecule has 0 amide bonds. The Labute approximate surface area is 135 Å². The molecule has 0 radical (unpaired) electrons. The molecule has 0 unspecified atom stereocenters. The molecule has 2 aliphatic heterocycles. The fourth-order valence-electron chi connectivity index (χ4n) is 3.38. The summed E-state index contributed by atoms with van der Waals surface area (Å²) in [4.78, 5) is 6.72. The number of aromatic nitrogens is 3. The van der Waals surface area contributed by atoms with Crippen molar-refractivity contribution in [1.82, 2.24) is 20.1 Å². The van der Waals surface area contributed by atoms with Crippen molar-refractivity contribution < 1.29 is 9.47 Å². The summed E-state index contributed by atoms with van der Waals surface area (Å²) in [5.41, 5.74) is 2.41. The second kappa shape index (κ2) is 6.14. The number of nitrogens with one attached hydrogen (secondary N) is 1. The second-order valence-electron chi connectivity index (χ2n) is 6.04. The molecular weight excluding hydrogens is 292 g/mol. The topological polar surface area (TPSA) is 63.3 Å². The monoisotopic (exact) mass is 312 g/mol. The zero-order valence-corrected chi connectivity index (χ0v) is 13.1. The highest BCUT2D eigenvalue weighted by atomic mass is 16.5. The molecule has 1 saturated heterocycles. The van der Waals surface area contributed by atoms with Gasteiger partial charge < -0.3 is 9.47 Å². The van der Waals surface area contributed by atoms with Gasteiger partial charge in [0.15, 0.2) is 0 Å². The molecule has 1 aromatic heterocycles. The Bertz CT molecular complexity index is 698. The summed E-state index contributed by atoms with van der Waals surface area (Å²) in [5, 5.41) is 6.98. The van der Waals surface area contributed by atoms with Gasteiger partial charge in [-0.25, -0.2) is 4.98 Å². The minimum Gasteiger partial charge on any atom is -0.489 e. The first-order chi connectivity index (χ1) is 11.3. The molecule has 23 heavy (non-hydrogen) atoms. The Morgan fingerprint density at radius 1 is 1.39 bits per heavy atom. The Kier molecular flexibility index (Phi) is 3.85. The van der Waals surface area contributed by atoms with E-state index in [0.29, 0.717) is 6.61 Å². The van der Waals surface area contributed by atoms with Crippen molar-refractivity contribution in [3.8, 4) is 5.75 Å². The van der Waals surface area contributed by atoms with Crippen LogP contribution in [0.4, 0.5) is 0 Å². The molecular formula is C17H20N4O2. The fraction of sp³-hybridized carbons (Fsp3) is 0.412. The predicted molar refractivity (Wildman–Crippen MR) is 86.0 cm³/mol. The molecule has 4 rings (SSSR count). The van der Waals surface area contributed by atoms with E-state index in [1.54, 1.807) is 13.4 Å². The first-order valence-electron chi connectivity index (χ1n) is 7.87. The number of para-hydroxylation sites is 1. The number of hydrogen-bond donors (Lipinski definition) is 1. The van der Waals surface area contributed by atoms with Crippen LogP contribution in [0.25, 0.3) is 6.08 Å². The van der Waals surface area contributed by atoms with Crippen molar-refractivity contribution in [1.29, 1.82) is 0 Å².